The fraction of sp³-hybridized carbons (Fsp3) is 0.217. The van der Waals surface area contributed by atoms with E-state index in [0.29, 0.717) is 27.2 Å². The SMILES string of the molecule is CCOC(=O)Nc1cccc(C2(C(=O)O)N=c3c(Br)cc(CC)cc3=C2C=CC(=O)O)c1. The Morgan fingerprint density at radius 1 is 1.19 bits per heavy atom. The highest BCUT2D eigenvalue weighted by Crippen LogP contribution is 2.38. The van der Waals surface area contributed by atoms with Crippen LogP contribution in [0.5, 0.6) is 0 Å². The molecule has 2 aromatic rings. The summed E-state index contributed by atoms with van der Waals surface area (Å²) in [7, 11) is 0. The predicted molar refractivity (Wildman–Crippen MR) is 121 cm³/mol. The fourth-order valence-corrected chi connectivity index (χ4v) is 4.18. The third-order valence-corrected chi connectivity index (χ3v) is 5.60. The highest BCUT2D eigenvalue weighted by atomic mass is 79.9. The number of nitrogens with one attached hydrogen (secondary N) is 1. The molecule has 1 atom stereocenters. The summed E-state index contributed by atoms with van der Waals surface area (Å²) in [5, 5.41) is 23.1. The van der Waals surface area contributed by atoms with Crippen molar-refractivity contribution in [3.63, 3.8) is 0 Å². The number of anilines is 1. The molecule has 0 spiro atoms. The van der Waals surface area contributed by atoms with Gasteiger partial charge < -0.3 is 14.9 Å². The van der Waals surface area contributed by atoms with E-state index in [4.69, 9.17) is 4.74 Å². The van der Waals surface area contributed by atoms with Crippen LogP contribution in [-0.2, 0) is 26.3 Å². The lowest BCUT2D eigenvalue weighted by Gasteiger charge is -2.25. The second-order valence-corrected chi connectivity index (χ2v) is 7.82. The van der Waals surface area contributed by atoms with Crippen LogP contribution in [0.1, 0.15) is 25.0 Å². The number of benzene rings is 2. The van der Waals surface area contributed by atoms with E-state index in [1.165, 1.54) is 12.1 Å². The summed E-state index contributed by atoms with van der Waals surface area (Å²) in [5.41, 5.74) is -0.180. The molecule has 3 N–H and O–H groups in total. The second-order valence-electron chi connectivity index (χ2n) is 6.97. The van der Waals surface area contributed by atoms with E-state index in [2.05, 4.69) is 26.2 Å². The standard InChI is InChI=1S/C23H21BrN2O6/c1-3-13-10-16-17(8-9-19(27)28)23(21(29)30,26-20(16)18(24)11-13)14-6-5-7-15(12-14)25-22(31)32-4-2/h5-12H,3-4H2,1-2H3,(H,25,31)(H,27,28)(H,29,30). The maximum absolute atomic E-state index is 12.7. The maximum Gasteiger partial charge on any atom is 0.411 e. The van der Waals surface area contributed by atoms with Gasteiger partial charge in [-0.2, -0.15) is 0 Å². The summed E-state index contributed by atoms with van der Waals surface area (Å²) in [5.74, 6) is -2.49. The minimum absolute atomic E-state index is 0.181. The van der Waals surface area contributed by atoms with Gasteiger partial charge in [-0.05, 0) is 70.7 Å². The highest BCUT2D eigenvalue weighted by molar-refractivity contribution is 9.10. The first kappa shape index (κ1) is 23.2. The van der Waals surface area contributed by atoms with Crippen molar-refractivity contribution < 1.29 is 29.3 Å². The van der Waals surface area contributed by atoms with Gasteiger partial charge in [0.1, 0.15) is 0 Å². The first-order chi connectivity index (χ1) is 15.2. The molecule has 166 valence electrons. The first-order valence-electron chi connectivity index (χ1n) is 9.84. The van der Waals surface area contributed by atoms with Crippen LogP contribution in [-0.4, -0.2) is 34.9 Å². The monoisotopic (exact) mass is 500 g/mol. The van der Waals surface area contributed by atoms with E-state index in [-0.39, 0.29) is 17.7 Å². The summed E-state index contributed by atoms with van der Waals surface area (Å²) in [6.07, 6.45) is 2.18. The second kappa shape index (κ2) is 9.35. The zero-order valence-electron chi connectivity index (χ0n) is 17.4. The van der Waals surface area contributed by atoms with Gasteiger partial charge in [0.15, 0.2) is 0 Å². The number of halogens is 1. The Hall–Kier alpha value is -3.46. The van der Waals surface area contributed by atoms with E-state index in [9.17, 15) is 24.6 Å². The zero-order chi connectivity index (χ0) is 23.5. The van der Waals surface area contributed by atoms with Crippen LogP contribution >= 0.6 is 15.9 Å². The molecule has 0 radical (unpaired) electrons. The Balaban J connectivity index is 2.31. The van der Waals surface area contributed by atoms with E-state index in [1.807, 2.05) is 19.1 Å². The van der Waals surface area contributed by atoms with Crippen molar-refractivity contribution in [1.82, 2.24) is 0 Å². The Labute approximate surface area is 192 Å². The molecule has 0 saturated carbocycles. The van der Waals surface area contributed by atoms with Gasteiger partial charge in [-0.1, -0.05) is 19.1 Å². The Morgan fingerprint density at radius 3 is 2.56 bits per heavy atom. The number of aryl methyl sites for hydroxylation is 1. The van der Waals surface area contributed by atoms with Gasteiger partial charge >= 0.3 is 18.0 Å². The molecule has 0 aliphatic carbocycles. The average molecular weight is 501 g/mol. The summed E-state index contributed by atoms with van der Waals surface area (Å²) in [4.78, 5) is 40.4. The van der Waals surface area contributed by atoms with Crippen LogP contribution < -0.4 is 15.9 Å². The number of rotatable bonds is 7. The Morgan fingerprint density at radius 2 is 1.94 bits per heavy atom. The molecule has 9 heteroatoms. The van der Waals surface area contributed by atoms with Crippen molar-refractivity contribution in [3.8, 4) is 0 Å². The van der Waals surface area contributed by atoms with Crippen molar-refractivity contribution in [2.24, 2.45) is 4.99 Å². The predicted octanol–water partition coefficient (Wildman–Crippen LogP) is 2.98. The molecule has 32 heavy (non-hydrogen) atoms. The molecule has 1 unspecified atom stereocenters. The molecule has 0 aromatic heterocycles. The van der Waals surface area contributed by atoms with Crippen molar-refractivity contribution >= 4 is 45.2 Å². The summed E-state index contributed by atoms with van der Waals surface area (Å²) >= 11 is 3.47. The number of carboxylic acid groups (broad SMARTS) is 2. The molecular formula is C23H21BrN2O6. The molecule has 2 aromatic carbocycles. The quantitative estimate of drug-likeness (QED) is 0.501. The fourth-order valence-electron chi connectivity index (χ4n) is 3.58. The van der Waals surface area contributed by atoms with Crippen LogP contribution in [0.4, 0.5) is 10.5 Å². The zero-order valence-corrected chi connectivity index (χ0v) is 19.0. The molecule has 1 aliphatic rings. The lowest BCUT2D eigenvalue weighted by Crippen LogP contribution is -2.34. The van der Waals surface area contributed by atoms with Gasteiger partial charge in [0.05, 0.1) is 12.0 Å². The van der Waals surface area contributed by atoms with Crippen molar-refractivity contribution in [2.45, 2.75) is 25.8 Å². The molecule has 1 amide bonds. The topological polar surface area (TPSA) is 125 Å². The van der Waals surface area contributed by atoms with Gasteiger partial charge in [0, 0.05) is 27.0 Å². The number of carbonyl (C=O) groups is 3. The van der Waals surface area contributed by atoms with Crippen LogP contribution in [0.3, 0.4) is 0 Å². The number of carboxylic acids is 2. The highest BCUT2D eigenvalue weighted by Gasteiger charge is 2.46. The van der Waals surface area contributed by atoms with Crippen molar-refractivity contribution in [3.05, 3.63) is 74.7 Å². The van der Waals surface area contributed by atoms with Crippen molar-refractivity contribution in [1.29, 1.82) is 0 Å². The smallest absolute Gasteiger partial charge is 0.411 e. The first-order valence-corrected chi connectivity index (χ1v) is 10.6. The molecule has 0 saturated heterocycles. The van der Waals surface area contributed by atoms with Gasteiger partial charge in [-0.25, -0.2) is 14.4 Å². The molecule has 0 fully saturated rings. The van der Waals surface area contributed by atoms with E-state index < -0.39 is 23.6 Å². The number of nitrogens with zero attached hydrogens (tertiary/aromatic N) is 1. The molecule has 1 heterocycles. The summed E-state index contributed by atoms with van der Waals surface area (Å²) in [6, 6.07) is 9.92. The lowest BCUT2D eigenvalue weighted by atomic mass is 9.82. The number of amides is 1. The average Bonchev–Trinajstić information content (AvgIpc) is 3.08. The maximum atomic E-state index is 12.7. The van der Waals surface area contributed by atoms with Crippen LogP contribution in [0.25, 0.3) is 5.57 Å². The van der Waals surface area contributed by atoms with Crippen LogP contribution in [0.15, 0.2) is 58.0 Å². The minimum atomic E-state index is -1.91. The van der Waals surface area contributed by atoms with E-state index in [1.54, 1.807) is 25.1 Å². The number of aliphatic carboxylic acids is 2. The normalized spacial score (nSPS) is 17.0. The Bertz CT molecular complexity index is 1250. The van der Waals surface area contributed by atoms with Gasteiger partial charge in [0.2, 0.25) is 5.54 Å². The number of ether oxygens (including phenoxy) is 1. The van der Waals surface area contributed by atoms with E-state index >= 15 is 0 Å². The van der Waals surface area contributed by atoms with Crippen molar-refractivity contribution in [2.75, 3.05) is 11.9 Å². The van der Waals surface area contributed by atoms with Gasteiger partial charge in [-0.15, -0.1) is 0 Å². The minimum Gasteiger partial charge on any atom is -0.479 e. The number of fused-ring (bicyclic) bond motifs is 1. The van der Waals surface area contributed by atoms with E-state index in [0.717, 1.165) is 11.6 Å². The Kier molecular flexibility index (Phi) is 6.78. The number of hydrogen-bond acceptors (Lipinski definition) is 5. The number of hydrogen-bond donors (Lipinski definition) is 3. The third kappa shape index (κ3) is 4.29. The molecule has 8 nitrogen and oxygen atoms in total. The molecular weight excluding hydrogens is 480 g/mol. The van der Waals surface area contributed by atoms with Gasteiger partial charge in [-0.3, -0.25) is 10.3 Å². The number of carbonyl (C=O) groups excluding carboxylic acids is 1. The van der Waals surface area contributed by atoms with Crippen LogP contribution in [0.2, 0.25) is 0 Å². The summed E-state index contributed by atoms with van der Waals surface area (Å²) in [6.45, 7) is 3.81. The lowest BCUT2D eigenvalue weighted by molar-refractivity contribution is -0.141. The molecule has 3 rings (SSSR count). The summed E-state index contributed by atoms with van der Waals surface area (Å²) < 4.78 is 5.49. The third-order valence-electron chi connectivity index (χ3n) is 5.00. The van der Waals surface area contributed by atoms with Gasteiger partial charge in [0.25, 0.3) is 0 Å². The largest absolute Gasteiger partial charge is 0.479 e. The molecule has 1 aliphatic heterocycles. The van der Waals surface area contributed by atoms with Crippen LogP contribution in [0, 0.1) is 0 Å². The molecule has 0 bridgehead atoms.